The van der Waals surface area contributed by atoms with Gasteiger partial charge in [0, 0.05) is 11.9 Å². The Morgan fingerprint density at radius 1 is 0.652 bits per heavy atom. The lowest BCUT2D eigenvalue weighted by Gasteiger charge is -2.22. The molecule has 0 aliphatic carbocycles. The number of hydrogen-bond acceptors (Lipinski definition) is 5. The Morgan fingerprint density at radius 2 is 1.04 bits per heavy atom. The van der Waals surface area contributed by atoms with E-state index in [9.17, 15) is 9.59 Å². The van der Waals surface area contributed by atoms with Gasteiger partial charge in [-0.1, -0.05) is 181 Å². The molecule has 1 aromatic rings. The zero-order valence-corrected chi connectivity index (χ0v) is 32.7. The van der Waals surface area contributed by atoms with Crippen LogP contribution >= 0.6 is 27.3 Å². The highest BCUT2D eigenvalue weighted by Crippen LogP contribution is 2.27. The van der Waals surface area contributed by atoms with Crippen molar-refractivity contribution in [3.63, 3.8) is 0 Å². The summed E-state index contributed by atoms with van der Waals surface area (Å²) >= 11 is 4.83. The van der Waals surface area contributed by atoms with Crippen molar-refractivity contribution in [3.8, 4) is 0 Å². The fourth-order valence-corrected chi connectivity index (χ4v) is 7.50. The predicted octanol–water partition coefficient (Wildman–Crippen LogP) is 13.4. The largest absolute Gasteiger partial charge is 0.459 e. The van der Waals surface area contributed by atoms with E-state index in [1.807, 2.05) is 5.38 Å². The van der Waals surface area contributed by atoms with Crippen LogP contribution in [0.3, 0.4) is 0 Å². The van der Waals surface area contributed by atoms with Crippen LogP contribution < -0.4 is 4.90 Å². The van der Waals surface area contributed by atoms with Crippen molar-refractivity contribution in [2.24, 2.45) is 5.92 Å². The van der Waals surface area contributed by atoms with Gasteiger partial charge in [-0.25, -0.2) is 9.78 Å². The first-order valence-corrected chi connectivity index (χ1v) is 21.3. The van der Waals surface area contributed by atoms with Crippen LogP contribution in [0, 0.1) is 5.92 Å². The summed E-state index contributed by atoms with van der Waals surface area (Å²) in [5.41, 5.74) is 0. The Labute approximate surface area is 296 Å². The molecule has 0 fully saturated rings. The van der Waals surface area contributed by atoms with Crippen LogP contribution in [0.1, 0.15) is 201 Å². The highest BCUT2D eigenvalue weighted by Gasteiger charge is 2.26. The second-order valence-electron chi connectivity index (χ2n) is 13.5. The van der Waals surface area contributed by atoms with Gasteiger partial charge in [0.1, 0.15) is 5.82 Å². The Balaban J connectivity index is 2.43. The standard InChI is InChI=1S/C39H71BrN2O3S/c1-4-7-9-11-13-15-17-19-21-23-25-27-30-35(31-28-26-24-22-20-18-16-14-12-10-8-5-2)32-29-33-42(36-34-46-39(40)41-36)37(43)38(44)45-6-3/h34-35H,4-33H2,1-3H3. The van der Waals surface area contributed by atoms with Crippen LogP contribution in [0.25, 0.3) is 0 Å². The van der Waals surface area contributed by atoms with Crippen molar-refractivity contribution in [1.82, 2.24) is 4.98 Å². The van der Waals surface area contributed by atoms with Crippen molar-refractivity contribution in [3.05, 3.63) is 9.30 Å². The summed E-state index contributed by atoms with van der Waals surface area (Å²) in [6, 6.07) is 0. The van der Waals surface area contributed by atoms with Crippen molar-refractivity contribution in [1.29, 1.82) is 0 Å². The molecule has 0 aromatic carbocycles. The van der Waals surface area contributed by atoms with Gasteiger partial charge in [0.15, 0.2) is 3.92 Å². The molecule has 0 aliphatic heterocycles. The number of esters is 1. The number of nitrogens with zero attached hydrogens (tertiary/aromatic N) is 2. The zero-order valence-electron chi connectivity index (χ0n) is 30.3. The fourth-order valence-electron chi connectivity index (χ4n) is 6.51. The highest BCUT2D eigenvalue weighted by molar-refractivity contribution is 9.11. The maximum atomic E-state index is 12.9. The van der Waals surface area contributed by atoms with Gasteiger partial charge in [0.05, 0.1) is 6.61 Å². The first-order valence-electron chi connectivity index (χ1n) is 19.6. The molecular formula is C39H71BrN2O3S. The van der Waals surface area contributed by atoms with Crippen LogP contribution in [0.15, 0.2) is 9.30 Å². The Hall–Kier alpha value is -0.950. The van der Waals surface area contributed by atoms with E-state index in [0.717, 1.165) is 12.8 Å². The molecule has 0 N–H and O–H groups in total. The third-order valence-corrected chi connectivity index (χ3v) is 10.7. The molecule has 1 amide bonds. The van der Waals surface area contributed by atoms with E-state index in [1.54, 1.807) is 6.92 Å². The number of carbonyl (C=O) groups is 2. The first kappa shape index (κ1) is 43.1. The molecule has 1 rings (SSSR count). The number of amides is 1. The van der Waals surface area contributed by atoms with Gasteiger partial charge >= 0.3 is 11.9 Å². The van der Waals surface area contributed by atoms with Gasteiger partial charge in [-0.15, -0.1) is 11.3 Å². The van der Waals surface area contributed by atoms with Crippen LogP contribution in [0.2, 0.25) is 0 Å². The minimum absolute atomic E-state index is 0.194. The number of rotatable bonds is 32. The second-order valence-corrected chi connectivity index (χ2v) is 15.6. The minimum Gasteiger partial charge on any atom is -0.459 e. The normalized spacial score (nSPS) is 11.4. The maximum absolute atomic E-state index is 12.9. The lowest BCUT2D eigenvalue weighted by Crippen LogP contribution is -2.38. The van der Waals surface area contributed by atoms with Crippen LogP contribution in [-0.4, -0.2) is 30.0 Å². The number of anilines is 1. The van der Waals surface area contributed by atoms with Gasteiger partial charge in [-0.2, -0.15) is 0 Å². The Bertz CT molecular complexity index is 821. The van der Waals surface area contributed by atoms with E-state index in [1.165, 1.54) is 183 Å². The highest BCUT2D eigenvalue weighted by atomic mass is 79.9. The average Bonchev–Trinajstić information content (AvgIpc) is 3.49. The molecule has 0 aliphatic rings. The molecule has 268 valence electrons. The number of ether oxygens (including phenoxy) is 1. The van der Waals surface area contributed by atoms with E-state index >= 15 is 0 Å². The molecule has 0 unspecified atom stereocenters. The Kier molecular flexibility index (Phi) is 29.3. The average molecular weight is 728 g/mol. The van der Waals surface area contributed by atoms with Crippen LogP contribution in [0.5, 0.6) is 0 Å². The van der Waals surface area contributed by atoms with Crippen molar-refractivity contribution >= 4 is 45.0 Å². The second kappa shape index (κ2) is 31.3. The molecule has 0 saturated carbocycles. The number of carbonyl (C=O) groups excluding carboxylic acids is 2. The third kappa shape index (κ3) is 23.4. The molecule has 0 saturated heterocycles. The molecule has 7 heteroatoms. The number of thiazole rings is 1. The quantitative estimate of drug-likeness (QED) is 0.0421. The number of hydrogen-bond donors (Lipinski definition) is 0. The molecule has 5 nitrogen and oxygen atoms in total. The SMILES string of the molecule is CCCCCCCCCCCCCCC(CCCCCCCCCCCCCC)CCCN(C(=O)C(=O)OCC)c1csc(Br)n1. The smallest absolute Gasteiger partial charge is 0.397 e. The van der Waals surface area contributed by atoms with Crippen molar-refractivity contribution in [2.75, 3.05) is 18.1 Å². The summed E-state index contributed by atoms with van der Waals surface area (Å²) in [6.07, 6.45) is 37.7. The molecule has 0 radical (unpaired) electrons. The molecule has 0 spiro atoms. The van der Waals surface area contributed by atoms with E-state index in [0.29, 0.717) is 22.2 Å². The van der Waals surface area contributed by atoms with E-state index in [-0.39, 0.29) is 6.61 Å². The number of halogens is 1. The summed E-state index contributed by atoms with van der Waals surface area (Å²) in [5.74, 6) is -0.185. The molecule has 1 heterocycles. The van der Waals surface area contributed by atoms with Crippen molar-refractivity contribution < 1.29 is 14.3 Å². The van der Waals surface area contributed by atoms with Crippen LogP contribution in [-0.2, 0) is 14.3 Å². The lowest BCUT2D eigenvalue weighted by atomic mass is 9.90. The van der Waals surface area contributed by atoms with Crippen molar-refractivity contribution in [2.45, 2.75) is 201 Å². The molecular weight excluding hydrogens is 656 g/mol. The van der Waals surface area contributed by atoms with E-state index in [2.05, 4.69) is 34.8 Å². The van der Waals surface area contributed by atoms with Gasteiger partial charge in [0.25, 0.3) is 0 Å². The Morgan fingerprint density at radius 3 is 1.41 bits per heavy atom. The molecule has 0 atom stereocenters. The van der Waals surface area contributed by atoms with E-state index in [4.69, 9.17) is 4.74 Å². The molecule has 46 heavy (non-hydrogen) atoms. The summed E-state index contributed by atoms with van der Waals surface area (Å²) in [5, 5.41) is 1.83. The van der Waals surface area contributed by atoms with Gasteiger partial charge in [-0.3, -0.25) is 9.69 Å². The van der Waals surface area contributed by atoms with Crippen LogP contribution in [0.4, 0.5) is 5.82 Å². The summed E-state index contributed by atoms with van der Waals surface area (Å²) in [4.78, 5) is 31.2. The molecule has 1 aromatic heterocycles. The minimum atomic E-state index is -0.795. The lowest BCUT2D eigenvalue weighted by molar-refractivity contribution is -0.153. The monoisotopic (exact) mass is 726 g/mol. The first-order chi connectivity index (χ1) is 22.5. The predicted molar refractivity (Wildman–Crippen MR) is 203 cm³/mol. The zero-order chi connectivity index (χ0) is 33.5. The summed E-state index contributed by atoms with van der Waals surface area (Å²) < 4.78 is 5.74. The van der Waals surface area contributed by atoms with Gasteiger partial charge in [-0.05, 0) is 41.6 Å². The topological polar surface area (TPSA) is 59.5 Å². The van der Waals surface area contributed by atoms with E-state index < -0.39 is 11.9 Å². The van der Waals surface area contributed by atoms with Gasteiger partial charge in [0.2, 0.25) is 0 Å². The van der Waals surface area contributed by atoms with Gasteiger partial charge < -0.3 is 4.74 Å². The third-order valence-electron chi connectivity index (χ3n) is 9.36. The fraction of sp³-hybridized carbons (Fsp3) is 0.872. The summed E-state index contributed by atoms with van der Waals surface area (Å²) in [7, 11) is 0. The summed E-state index contributed by atoms with van der Waals surface area (Å²) in [6.45, 7) is 7.00. The number of unbranched alkanes of at least 4 members (excludes halogenated alkanes) is 22. The maximum Gasteiger partial charge on any atom is 0.397 e. The number of aromatic nitrogens is 1. The molecule has 0 bridgehead atoms.